The summed E-state index contributed by atoms with van der Waals surface area (Å²) in [7, 11) is 0. The topological polar surface area (TPSA) is 38.0 Å². The smallest absolute Gasteiger partial charge is 0.233 e. The van der Waals surface area contributed by atoms with Crippen LogP contribution in [0.3, 0.4) is 0 Å². The Labute approximate surface area is 102 Å². The van der Waals surface area contributed by atoms with E-state index in [1.54, 1.807) is 4.68 Å². The lowest BCUT2D eigenvalue weighted by Crippen LogP contribution is -1.95. The van der Waals surface area contributed by atoms with Gasteiger partial charge in [-0.05, 0) is 37.0 Å². The van der Waals surface area contributed by atoms with E-state index in [0.717, 1.165) is 17.7 Å². The fourth-order valence-corrected chi connectivity index (χ4v) is 1.89. The van der Waals surface area contributed by atoms with E-state index in [1.165, 1.54) is 5.56 Å². The van der Waals surface area contributed by atoms with Crippen LogP contribution in [-0.2, 0) is 6.42 Å². The first-order valence-corrected chi connectivity index (χ1v) is 5.91. The summed E-state index contributed by atoms with van der Waals surface area (Å²) in [6, 6.07) is 8.07. The SMILES string of the molecule is Cc1cccc(-n2cc(CC(C)C)c(O)n2)c1. The summed E-state index contributed by atoms with van der Waals surface area (Å²) in [5.41, 5.74) is 3.07. The fraction of sp³-hybridized carbons (Fsp3) is 0.357. The molecular weight excluding hydrogens is 212 g/mol. The van der Waals surface area contributed by atoms with Crippen molar-refractivity contribution in [3.63, 3.8) is 0 Å². The van der Waals surface area contributed by atoms with Crippen LogP contribution < -0.4 is 0 Å². The average Bonchev–Trinajstić information content (AvgIpc) is 2.59. The zero-order valence-corrected chi connectivity index (χ0v) is 10.5. The predicted octanol–water partition coefficient (Wildman–Crippen LogP) is 3.08. The van der Waals surface area contributed by atoms with E-state index in [2.05, 4.69) is 18.9 Å². The number of aromatic nitrogens is 2. The Kier molecular flexibility index (Phi) is 3.18. The monoisotopic (exact) mass is 230 g/mol. The summed E-state index contributed by atoms with van der Waals surface area (Å²) >= 11 is 0. The molecule has 0 radical (unpaired) electrons. The zero-order chi connectivity index (χ0) is 12.4. The molecule has 0 fully saturated rings. The lowest BCUT2D eigenvalue weighted by atomic mass is 10.1. The standard InChI is InChI=1S/C14H18N2O/c1-10(2)7-12-9-16(15-14(12)17)13-6-4-5-11(3)8-13/h4-6,8-10H,7H2,1-3H3,(H,15,17). The molecule has 90 valence electrons. The molecule has 0 amide bonds. The summed E-state index contributed by atoms with van der Waals surface area (Å²) in [4.78, 5) is 0. The van der Waals surface area contributed by atoms with Crippen molar-refractivity contribution in [1.29, 1.82) is 0 Å². The van der Waals surface area contributed by atoms with Crippen molar-refractivity contribution in [1.82, 2.24) is 9.78 Å². The molecule has 0 saturated heterocycles. The first-order valence-electron chi connectivity index (χ1n) is 5.91. The van der Waals surface area contributed by atoms with Crippen LogP contribution >= 0.6 is 0 Å². The van der Waals surface area contributed by atoms with Gasteiger partial charge >= 0.3 is 0 Å². The number of rotatable bonds is 3. The van der Waals surface area contributed by atoms with E-state index < -0.39 is 0 Å². The van der Waals surface area contributed by atoms with Crippen LogP contribution in [0.2, 0.25) is 0 Å². The maximum Gasteiger partial charge on any atom is 0.233 e. The molecule has 0 spiro atoms. The lowest BCUT2D eigenvalue weighted by Gasteiger charge is -2.02. The Hall–Kier alpha value is -1.77. The number of benzene rings is 1. The molecule has 0 aliphatic heterocycles. The van der Waals surface area contributed by atoms with Crippen LogP contribution in [0.5, 0.6) is 5.88 Å². The van der Waals surface area contributed by atoms with Crippen molar-refractivity contribution in [2.24, 2.45) is 5.92 Å². The van der Waals surface area contributed by atoms with Crippen LogP contribution in [0.25, 0.3) is 5.69 Å². The third-order valence-electron chi connectivity index (χ3n) is 2.66. The molecule has 2 aromatic rings. The van der Waals surface area contributed by atoms with E-state index in [1.807, 2.05) is 37.4 Å². The van der Waals surface area contributed by atoms with E-state index in [-0.39, 0.29) is 5.88 Å². The molecule has 0 saturated carbocycles. The van der Waals surface area contributed by atoms with Crippen molar-refractivity contribution >= 4 is 0 Å². The van der Waals surface area contributed by atoms with Gasteiger partial charge in [-0.15, -0.1) is 5.10 Å². The summed E-state index contributed by atoms with van der Waals surface area (Å²) in [5, 5.41) is 13.9. The Morgan fingerprint density at radius 3 is 2.76 bits per heavy atom. The molecule has 17 heavy (non-hydrogen) atoms. The van der Waals surface area contributed by atoms with Crippen LogP contribution in [0.15, 0.2) is 30.5 Å². The van der Waals surface area contributed by atoms with Gasteiger partial charge in [-0.3, -0.25) is 0 Å². The number of aromatic hydroxyl groups is 1. The van der Waals surface area contributed by atoms with Gasteiger partial charge in [-0.2, -0.15) is 0 Å². The number of hydrogen-bond acceptors (Lipinski definition) is 2. The van der Waals surface area contributed by atoms with Gasteiger partial charge in [0.25, 0.3) is 0 Å². The number of nitrogens with zero attached hydrogens (tertiary/aromatic N) is 2. The van der Waals surface area contributed by atoms with Crippen LogP contribution in [0.4, 0.5) is 0 Å². The largest absolute Gasteiger partial charge is 0.492 e. The highest BCUT2D eigenvalue weighted by atomic mass is 16.3. The van der Waals surface area contributed by atoms with Crippen molar-refractivity contribution < 1.29 is 5.11 Å². The predicted molar refractivity (Wildman–Crippen MR) is 68.5 cm³/mol. The van der Waals surface area contributed by atoms with Gasteiger partial charge in [0.1, 0.15) is 0 Å². The summed E-state index contributed by atoms with van der Waals surface area (Å²) in [6.07, 6.45) is 2.75. The first kappa shape index (κ1) is 11.7. The Balaban J connectivity index is 2.34. The fourth-order valence-electron chi connectivity index (χ4n) is 1.89. The van der Waals surface area contributed by atoms with Crippen molar-refractivity contribution in [3.8, 4) is 11.6 Å². The molecule has 1 aromatic carbocycles. The summed E-state index contributed by atoms with van der Waals surface area (Å²) in [5.74, 6) is 0.649. The van der Waals surface area contributed by atoms with Crippen molar-refractivity contribution in [2.45, 2.75) is 27.2 Å². The third kappa shape index (κ3) is 2.67. The second-order valence-electron chi connectivity index (χ2n) is 4.86. The Morgan fingerprint density at radius 1 is 1.35 bits per heavy atom. The second kappa shape index (κ2) is 4.62. The third-order valence-corrected chi connectivity index (χ3v) is 2.66. The van der Waals surface area contributed by atoms with Crippen LogP contribution in [-0.4, -0.2) is 14.9 Å². The van der Waals surface area contributed by atoms with E-state index >= 15 is 0 Å². The van der Waals surface area contributed by atoms with Gasteiger partial charge in [-0.25, -0.2) is 4.68 Å². The minimum absolute atomic E-state index is 0.139. The summed E-state index contributed by atoms with van der Waals surface area (Å²) in [6.45, 7) is 6.30. The van der Waals surface area contributed by atoms with E-state index in [9.17, 15) is 5.11 Å². The number of aryl methyl sites for hydroxylation is 1. The van der Waals surface area contributed by atoms with Gasteiger partial charge in [0.2, 0.25) is 5.88 Å². The molecule has 3 heteroatoms. The maximum atomic E-state index is 9.78. The first-order chi connectivity index (χ1) is 8.06. The molecule has 0 unspecified atom stereocenters. The molecule has 1 aromatic heterocycles. The van der Waals surface area contributed by atoms with Crippen LogP contribution in [0.1, 0.15) is 25.0 Å². The molecule has 0 aliphatic rings. The molecule has 0 aliphatic carbocycles. The van der Waals surface area contributed by atoms with Crippen molar-refractivity contribution in [3.05, 3.63) is 41.6 Å². The number of hydrogen-bond donors (Lipinski definition) is 1. The van der Waals surface area contributed by atoms with Gasteiger partial charge in [0.15, 0.2) is 0 Å². The minimum Gasteiger partial charge on any atom is -0.492 e. The molecule has 1 heterocycles. The minimum atomic E-state index is 0.139. The highest BCUT2D eigenvalue weighted by Crippen LogP contribution is 2.20. The average molecular weight is 230 g/mol. The Morgan fingerprint density at radius 2 is 2.12 bits per heavy atom. The maximum absolute atomic E-state index is 9.78. The quantitative estimate of drug-likeness (QED) is 0.880. The molecule has 0 atom stereocenters. The molecule has 1 N–H and O–H groups in total. The molecule has 3 nitrogen and oxygen atoms in total. The van der Waals surface area contributed by atoms with Gasteiger partial charge in [0, 0.05) is 11.8 Å². The lowest BCUT2D eigenvalue weighted by molar-refractivity contribution is 0.438. The Bertz CT molecular complexity index is 515. The second-order valence-corrected chi connectivity index (χ2v) is 4.86. The van der Waals surface area contributed by atoms with Crippen LogP contribution in [0, 0.1) is 12.8 Å². The highest BCUT2D eigenvalue weighted by Gasteiger charge is 2.10. The molecular formula is C14H18N2O. The highest BCUT2D eigenvalue weighted by molar-refractivity contribution is 5.37. The molecule has 2 rings (SSSR count). The van der Waals surface area contributed by atoms with Gasteiger partial charge in [0.05, 0.1) is 5.69 Å². The van der Waals surface area contributed by atoms with E-state index in [0.29, 0.717) is 5.92 Å². The molecule has 0 bridgehead atoms. The van der Waals surface area contributed by atoms with Gasteiger partial charge < -0.3 is 5.11 Å². The van der Waals surface area contributed by atoms with Gasteiger partial charge in [-0.1, -0.05) is 26.0 Å². The van der Waals surface area contributed by atoms with E-state index in [4.69, 9.17) is 0 Å². The normalized spacial score (nSPS) is 11.1. The summed E-state index contributed by atoms with van der Waals surface area (Å²) < 4.78 is 1.74. The van der Waals surface area contributed by atoms with Crippen molar-refractivity contribution in [2.75, 3.05) is 0 Å². The zero-order valence-electron chi connectivity index (χ0n) is 10.5.